The number of nitrogens with zero attached hydrogens (tertiary/aromatic N) is 4. The van der Waals surface area contributed by atoms with Crippen LogP contribution in [-0.2, 0) is 5.41 Å². The number of anilines is 6. The Morgan fingerprint density at radius 1 is 0.252 bits per heavy atom. The standard InChI is InChI=1S/C98H67BN4/c1-98(2,3)72-56-69-48-46-67-54-71(55-68-47-49-70(57-72)94(69)93(67)68)66-50-52-83-89(58-66)102(96-75(62-26-8-4-9-27-62)38-24-39-76(96)63-28-10-5-11-29-63)91-60-74(101-87-44-22-18-36-81(87)82-37-19-23-45-88(82)101)61-92-95(91)99(83)84-53-51-73(100-85-42-20-16-34-79(85)80-35-17-21-43-86(80)100)59-90(84)103(92)97-77(64-30-12-6-13-31-64)40-25-41-78(97)65-32-14-7-15-33-65/h4-61H,1-3H3. The first kappa shape index (κ1) is 59.0. The van der Waals surface area contributed by atoms with Crippen molar-refractivity contribution in [2.75, 3.05) is 9.80 Å². The van der Waals surface area contributed by atoms with E-state index in [0.717, 1.165) is 118 Å². The number of benzene rings is 17. The Labute approximate surface area is 598 Å². The Hall–Kier alpha value is -13.0. The second-order valence-corrected chi connectivity index (χ2v) is 29.1. The van der Waals surface area contributed by atoms with Crippen molar-refractivity contribution >= 4 is 133 Å². The van der Waals surface area contributed by atoms with Crippen molar-refractivity contribution in [2.24, 2.45) is 0 Å². The summed E-state index contributed by atoms with van der Waals surface area (Å²) in [6.07, 6.45) is 0. The molecule has 21 rings (SSSR count). The summed E-state index contributed by atoms with van der Waals surface area (Å²) in [4.78, 5) is 5.39. The first-order chi connectivity index (χ1) is 50.8. The minimum absolute atomic E-state index is 0.0191. The molecule has 0 saturated carbocycles. The van der Waals surface area contributed by atoms with E-state index in [9.17, 15) is 0 Å². The Balaban J connectivity index is 0.930. The van der Waals surface area contributed by atoms with Crippen molar-refractivity contribution < 1.29 is 0 Å². The van der Waals surface area contributed by atoms with Gasteiger partial charge in [0.15, 0.2) is 0 Å². The number of fused-ring (bicyclic) bond motifs is 10. The fourth-order valence-electron chi connectivity index (χ4n) is 17.7. The molecule has 2 aliphatic heterocycles. The molecular formula is C98H67BN4. The van der Waals surface area contributed by atoms with Gasteiger partial charge in [0.25, 0.3) is 6.71 Å². The highest BCUT2D eigenvalue weighted by atomic mass is 15.2. The third-order valence-corrected chi connectivity index (χ3v) is 22.3. The highest BCUT2D eigenvalue weighted by molar-refractivity contribution is 7.00. The number of aromatic nitrogens is 2. The lowest BCUT2D eigenvalue weighted by Crippen LogP contribution is -2.61. The molecule has 4 heterocycles. The monoisotopic (exact) mass is 1310 g/mol. The maximum Gasteiger partial charge on any atom is 0.252 e. The van der Waals surface area contributed by atoms with Gasteiger partial charge in [0, 0.05) is 72.2 Å². The summed E-state index contributed by atoms with van der Waals surface area (Å²) in [5, 5.41) is 12.6. The zero-order chi connectivity index (χ0) is 68.2. The average molecular weight is 1310 g/mol. The number of para-hydroxylation sites is 6. The number of rotatable bonds is 9. The first-order valence-corrected chi connectivity index (χ1v) is 36.0. The molecule has 0 atom stereocenters. The summed E-state index contributed by atoms with van der Waals surface area (Å²) in [7, 11) is 0. The molecule has 0 radical (unpaired) electrons. The average Bonchev–Trinajstić information content (AvgIpc) is 1.44. The lowest BCUT2D eigenvalue weighted by molar-refractivity contribution is 0.591. The predicted molar refractivity (Wildman–Crippen MR) is 439 cm³/mol. The summed E-state index contributed by atoms with van der Waals surface area (Å²) >= 11 is 0. The normalized spacial score (nSPS) is 12.7. The van der Waals surface area contributed by atoms with Crippen molar-refractivity contribution in [2.45, 2.75) is 26.2 Å². The van der Waals surface area contributed by atoms with Gasteiger partial charge >= 0.3 is 0 Å². The van der Waals surface area contributed by atoms with Crippen LogP contribution < -0.4 is 26.2 Å². The van der Waals surface area contributed by atoms with Crippen LogP contribution in [0.2, 0.25) is 0 Å². The Morgan fingerprint density at radius 2 is 0.592 bits per heavy atom. The summed E-state index contributed by atoms with van der Waals surface area (Å²) in [5.41, 5.74) is 29.8. The van der Waals surface area contributed by atoms with Crippen molar-refractivity contribution in [3.05, 3.63) is 357 Å². The second kappa shape index (κ2) is 22.8. The molecule has 0 saturated heterocycles. The van der Waals surface area contributed by atoms with Crippen molar-refractivity contribution in [3.63, 3.8) is 0 Å². The van der Waals surface area contributed by atoms with Gasteiger partial charge in [0.05, 0.1) is 39.1 Å². The van der Waals surface area contributed by atoms with Gasteiger partial charge < -0.3 is 18.9 Å². The lowest BCUT2D eigenvalue weighted by Gasteiger charge is -2.46. The van der Waals surface area contributed by atoms with E-state index >= 15 is 0 Å². The van der Waals surface area contributed by atoms with Crippen LogP contribution in [0.1, 0.15) is 26.3 Å². The van der Waals surface area contributed by atoms with Crippen molar-refractivity contribution in [3.8, 4) is 67.0 Å². The molecular weight excluding hydrogens is 1240 g/mol. The van der Waals surface area contributed by atoms with E-state index < -0.39 is 0 Å². The van der Waals surface area contributed by atoms with E-state index in [4.69, 9.17) is 0 Å². The smallest absolute Gasteiger partial charge is 0.252 e. The van der Waals surface area contributed by atoms with Gasteiger partial charge in [-0.05, 0) is 160 Å². The Kier molecular flexibility index (Phi) is 13.0. The van der Waals surface area contributed by atoms with Gasteiger partial charge in [-0.25, -0.2) is 0 Å². The van der Waals surface area contributed by atoms with E-state index in [1.807, 2.05) is 0 Å². The van der Waals surface area contributed by atoms with Crippen molar-refractivity contribution in [1.82, 2.24) is 9.13 Å². The topological polar surface area (TPSA) is 16.3 Å². The Morgan fingerprint density at radius 3 is 0.990 bits per heavy atom. The zero-order valence-corrected chi connectivity index (χ0v) is 57.4. The largest absolute Gasteiger partial charge is 0.310 e. The van der Waals surface area contributed by atoms with Crippen molar-refractivity contribution in [1.29, 1.82) is 0 Å². The van der Waals surface area contributed by atoms with Gasteiger partial charge in [0.2, 0.25) is 0 Å². The fourth-order valence-corrected chi connectivity index (χ4v) is 17.7. The summed E-state index contributed by atoms with van der Waals surface area (Å²) < 4.78 is 5.03. The summed E-state index contributed by atoms with van der Waals surface area (Å²) in [6.45, 7) is 6.69. The highest BCUT2D eigenvalue weighted by Gasteiger charge is 2.46. The molecule has 2 aliphatic rings. The van der Waals surface area contributed by atoms with E-state index in [1.165, 1.54) is 81.4 Å². The zero-order valence-electron chi connectivity index (χ0n) is 57.4. The van der Waals surface area contributed by atoms with Crippen LogP contribution >= 0.6 is 0 Å². The molecule has 0 spiro atoms. The molecule has 0 aliphatic carbocycles. The Bertz CT molecular complexity index is 6370. The molecule has 4 nitrogen and oxygen atoms in total. The first-order valence-electron chi connectivity index (χ1n) is 36.0. The van der Waals surface area contributed by atoms with Crippen LogP contribution in [-0.4, -0.2) is 15.8 Å². The van der Waals surface area contributed by atoms with Gasteiger partial charge in [-0.1, -0.05) is 306 Å². The van der Waals surface area contributed by atoms with Gasteiger partial charge in [-0.3, -0.25) is 0 Å². The number of hydrogen-bond acceptors (Lipinski definition) is 2. The van der Waals surface area contributed by atoms with Gasteiger partial charge in [-0.15, -0.1) is 0 Å². The molecule has 0 N–H and O–H groups in total. The fraction of sp³-hybridized carbons (Fsp3) is 0.0408. The summed E-state index contributed by atoms with van der Waals surface area (Å²) in [5.74, 6) is 0. The summed E-state index contributed by atoms with van der Waals surface area (Å²) in [6, 6.07) is 133. The van der Waals surface area contributed by atoms with Crippen LogP contribution in [0.25, 0.3) is 143 Å². The molecule has 0 fully saturated rings. The molecule has 0 unspecified atom stereocenters. The van der Waals surface area contributed by atoms with E-state index in [0.29, 0.717) is 0 Å². The molecule has 0 bridgehead atoms. The third kappa shape index (κ3) is 9.05. The van der Waals surface area contributed by atoms with Gasteiger partial charge in [-0.2, -0.15) is 0 Å². The van der Waals surface area contributed by atoms with E-state index in [-0.39, 0.29) is 12.1 Å². The van der Waals surface area contributed by atoms with E-state index in [2.05, 4.69) is 392 Å². The van der Waals surface area contributed by atoms with Crippen LogP contribution in [0.3, 0.4) is 0 Å². The van der Waals surface area contributed by atoms with Crippen LogP contribution in [0.15, 0.2) is 352 Å². The maximum absolute atomic E-state index is 2.70. The predicted octanol–water partition coefficient (Wildman–Crippen LogP) is 24.5. The molecule has 103 heavy (non-hydrogen) atoms. The van der Waals surface area contributed by atoms with Crippen LogP contribution in [0, 0.1) is 0 Å². The molecule has 482 valence electrons. The third-order valence-electron chi connectivity index (χ3n) is 22.3. The van der Waals surface area contributed by atoms with Crippen LogP contribution in [0.4, 0.5) is 34.1 Å². The maximum atomic E-state index is 2.70. The van der Waals surface area contributed by atoms with Gasteiger partial charge in [0.1, 0.15) is 0 Å². The molecule has 0 amide bonds. The number of hydrogen-bond donors (Lipinski definition) is 0. The quantitative estimate of drug-likeness (QED) is 0.106. The molecule has 19 aromatic rings. The molecule has 5 heteroatoms. The molecule has 2 aromatic heterocycles. The SMILES string of the molecule is CC(C)(C)c1cc2ccc3cc(-c4ccc5c(c4)N(c4c(-c6ccccc6)cccc4-c4ccccc4)c4cc(-n6c7ccccc7c7ccccc76)cc6c4B5c4ccc(-n5c7ccccc7c7ccccc75)cc4N6c4c(-c5ccccc5)cccc4-c4ccccc4)cc4ccc(c1)c2c34. The lowest BCUT2D eigenvalue weighted by atomic mass is 9.33. The van der Waals surface area contributed by atoms with Crippen LogP contribution in [0.5, 0.6) is 0 Å². The minimum atomic E-state index is -0.257. The molecule has 17 aromatic carbocycles. The minimum Gasteiger partial charge on any atom is -0.310 e. The van der Waals surface area contributed by atoms with E-state index in [1.54, 1.807) is 0 Å². The highest BCUT2D eigenvalue weighted by Crippen LogP contribution is 2.55. The second-order valence-electron chi connectivity index (χ2n) is 29.1.